The van der Waals surface area contributed by atoms with Crippen molar-refractivity contribution in [3.8, 4) is 0 Å². The Morgan fingerprint density at radius 3 is 2.76 bits per heavy atom. The van der Waals surface area contributed by atoms with Crippen LogP contribution in [0.5, 0.6) is 0 Å². The van der Waals surface area contributed by atoms with Crippen molar-refractivity contribution in [1.82, 2.24) is 9.38 Å². The first-order valence-electron chi connectivity index (χ1n) is 5.22. The van der Waals surface area contributed by atoms with Gasteiger partial charge in [0.25, 0.3) is 0 Å². The van der Waals surface area contributed by atoms with Crippen LogP contribution < -0.4 is 0 Å². The number of carbonyl (C=O) groups excluding carboxylic acids is 1. The van der Waals surface area contributed by atoms with Crippen molar-refractivity contribution >= 4 is 27.4 Å². The molecule has 2 aromatic heterocycles. The van der Waals surface area contributed by atoms with Gasteiger partial charge in [-0.2, -0.15) is 0 Å². The zero-order valence-electron chi connectivity index (χ0n) is 9.90. The predicted molar refractivity (Wildman–Crippen MR) is 68.1 cm³/mol. The Hall–Kier alpha value is -1.36. The molecule has 0 unspecified atom stereocenters. The third-order valence-corrected chi connectivity index (χ3v) is 2.73. The molecule has 4 nitrogen and oxygen atoms in total. The minimum Gasteiger partial charge on any atom is -0.456 e. The summed E-state index contributed by atoms with van der Waals surface area (Å²) >= 11 is 3.33. The van der Waals surface area contributed by atoms with Crippen LogP contribution in [0.1, 0.15) is 31.1 Å². The molecule has 0 aromatic carbocycles. The Morgan fingerprint density at radius 1 is 1.41 bits per heavy atom. The van der Waals surface area contributed by atoms with E-state index in [0.717, 1.165) is 10.1 Å². The van der Waals surface area contributed by atoms with Crippen LogP contribution >= 0.6 is 15.9 Å². The Balaban J connectivity index is 2.33. The van der Waals surface area contributed by atoms with Crippen molar-refractivity contribution in [2.45, 2.75) is 26.4 Å². The van der Waals surface area contributed by atoms with Gasteiger partial charge in [-0.25, -0.2) is 9.78 Å². The molecule has 0 bridgehead atoms. The number of esters is 1. The lowest BCUT2D eigenvalue weighted by atomic mass is 10.2. The second-order valence-corrected chi connectivity index (χ2v) is 5.50. The highest BCUT2D eigenvalue weighted by Crippen LogP contribution is 2.18. The molecule has 0 fully saturated rings. The second-order valence-electron chi connectivity index (χ2n) is 4.75. The number of hydrogen-bond donors (Lipinski definition) is 0. The van der Waals surface area contributed by atoms with E-state index in [4.69, 9.17) is 4.74 Å². The van der Waals surface area contributed by atoms with Gasteiger partial charge in [-0.1, -0.05) is 0 Å². The van der Waals surface area contributed by atoms with Crippen molar-refractivity contribution in [3.63, 3.8) is 0 Å². The van der Waals surface area contributed by atoms with Crippen LogP contribution in [0.15, 0.2) is 29.3 Å². The van der Waals surface area contributed by atoms with Gasteiger partial charge in [0.15, 0.2) is 0 Å². The quantitative estimate of drug-likeness (QED) is 0.760. The molecule has 17 heavy (non-hydrogen) atoms. The second kappa shape index (κ2) is 4.14. The summed E-state index contributed by atoms with van der Waals surface area (Å²) in [4.78, 5) is 15.9. The summed E-state index contributed by atoms with van der Waals surface area (Å²) in [6, 6.07) is 3.56. The maximum Gasteiger partial charge on any atom is 0.340 e. The molecule has 0 saturated carbocycles. The van der Waals surface area contributed by atoms with Crippen molar-refractivity contribution in [3.05, 3.63) is 34.8 Å². The number of fused-ring (bicyclic) bond motifs is 1. The van der Waals surface area contributed by atoms with Gasteiger partial charge in [-0.05, 0) is 48.8 Å². The standard InChI is InChI=1S/C12H13BrN2O2/c1-12(2,3)17-11(16)8-4-5-9-10(13)14-7-15(9)6-8/h4-7H,1-3H3. The minimum atomic E-state index is -0.485. The molecule has 0 aliphatic carbocycles. The summed E-state index contributed by atoms with van der Waals surface area (Å²) in [6.45, 7) is 5.53. The number of rotatable bonds is 1. The molecular formula is C12H13BrN2O2. The Morgan fingerprint density at radius 2 is 2.12 bits per heavy atom. The van der Waals surface area contributed by atoms with E-state index in [0.29, 0.717) is 5.56 Å². The lowest BCUT2D eigenvalue weighted by molar-refractivity contribution is 0.00690. The van der Waals surface area contributed by atoms with E-state index < -0.39 is 5.60 Å². The summed E-state index contributed by atoms with van der Waals surface area (Å²) in [7, 11) is 0. The smallest absolute Gasteiger partial charge is 0.340 e. The first kappa shape index (κ1) is 12.1. The van der Waals surface area contributed by atoms with Gasteiger partial charge < -0.3 is 9.14 Å². The fourth-order valence-corrected chi connectivity index (χ4v) is 1.85. The van der Waals surface area contributed by atoms with Crippen molar-refractivity contribution in [2.75, 3.05) is 0 Å². The molecule has 0 amide bonds. The van der Waals surface area contributed by atoms with Gasteiger partial charge in [0.2, 0.25) is 0 Å². The van der Waals surface area contributed by atoms with Crippen LogP contribution in [0.3, 0.4) is 0 Å². The summed E-state index contributed by atoms with van der Waals surface area (Å²) in [5.41, 5.74) is 0.941. The predicted octanol–water partition coefficient (Wildman–Crippen LogP) is 3.05. The van der Waals surface area contributed by atoms with Crippen LogP contribution in [0.25, 0.3) is 5.52 Å². The number of halogens is 1. The number of ether oxygens (including phenoxy) is 1. The average molecular weight is 297 g/mol. The van der Waals surface area contributed by atoms with Crippen molar-refractivity contribution in [2.24, 2.45) is 0 Å². The fraction of sp³-hybridized carbons (Fsp3) is 0.333. The molecule has 0 aliphatic heterocycles. The molecule has 2 rings (SSSR count). The zero-order valence-corrected chi connectivity index (χ0v) is 11.5. The summed E-state index contributed by atoms with van der Waals surface area (Å²) < 4.78 is 7.83. The van der Waals surface area contributed by atoms with E-state index in [1.165, 1.54) is 0 Å². The molecule has 0 radical (unpaired) electrons. The third-order valence-electron chi connectivity index (χ3n) is 2.12. The molecule has 2 heterocycles. The lowest BCUT2D eigenvalue weighted by Crippen LogP contribution is -2.24. The molecule has 0 atom stereocenters. The van der Waals surface area contributed by atoms with E-state index in [1.807, 2.05) is 26.8 Å². The van der Waals surface area contributed by atoms with Crippen LogP contribution in [0.2, 0.25) is 0 Å². The zero-order chi connectivity index (χ0) is 12.6. The summed E-state index contributed by atoms with van der Waals surface area (Å²) in [5, 5.41) is 0. The Labute approximate surface area is 108 Å². The maximum absolute atomic E-state index is 11.8. The van der Waals surface area contributed by atoms with E-state index in [-0.39, 0.29) is 5.97 Å². The molecule has 2 aromatic rings. The molecule has 0 saturated heterocycles. The van der Waals surface area contributed by atoms with Gasteiger partial charge in [-0.15, -0.1) is 0 Å². The first-order chi connectivity index (χ1) is 7.87. The van der Waals surface area contributed by atoms with Crippen LogP contribution in [-0.4, -0.2) is 21.0 Å². The highest BCUT2D eigenvalue weighted by atomic mass is 79.9. The summed E-state index contributed by atoms with van der Waals surface area (Å²) in [5.74, 6) is -0.329. The minimum absolute atomic E-state index is 0.329. The normalized spacial score (nSPS) is 11.8. The highest BCUT2D eigenvalue weighted by Gasteiger charge is 2.18. The topological polar surface area (TPSA) is 43.6 Å². The number of nitrogens with zero attached hydrogens (tertiary/aromatic N) is 2. The average Bonchev–Trinajstić information content (AvgIpc) is 2.57. The highest BCUT2D eigenvalue weighted by molar-refractivity contribution is 9.10. The van der Waals surface area contributed by atoms with Crippen LogP contribution in [0, 0.1) is 0 Å². The van der Waals surface area contributed by atoms with Gasteiger partial charge in [0.1, 0.15) is 16.5 Å². The molecule has 0 aliphatic rings. The third kappa shape index (κ3) is 2.66. The van der Waals surface area contributed by atoms with E-state index in [1.54, 1.807) is 23.0 Å². The number of carbonyl (C=O) groups is 1. The fourth-order valence-electron chi connectivity index (χ4n) is 1.42. The van der Waals surface area contributed by atoms with E-state index in [2.05, 4.69) is 20.9 Å². The number of imidazole rings is 1. The Kier molecular flexibility index (Phi) is 2.95. The van der Waals surface area contributed by atoms with E-state index in [9.17, 15) is 4.79 Å². The van der Waals surface area contributed by atoms with Crippen molar-refractivity contribution in [1.29, 1.82) is 0 Å². The van der Waals surface area contributed by atoms with Gasteiger partial charge in [0, 0.05) is 6.20 Å². The molecular weight excluding hydrogens is 284 g/mol. The van der Waals surface area contributed by atoms with Crippen molar-refractivity contribution < 1.29 is 9.53 Å². The Bertz CT molecular complexity index is 569. The molecule has 90 valence electrons. The molecule has 5 heteroatoms. The largest absolute Gasteiger partial charge is 0.456 e. The number of pyridine rings is 1. The van der Waals surface area contributed by atoms with Gasteiger partial charge in [-0.3, -0.25) is 0 Å². The van der Waals surface area contributed by atoms with Crippen LogP contribution in [-0.2, 0) is 4.74 Å². The van der Waals surface area contributed by atoms with Crippen LogP contribution in [0.4, 0.5) is 0 Å². The number of aromatic nitrogens is 2. The van der Waals surface area contributed by atoms with Gasteiger partial charge >= 0.3 is 5.97 Å². The first-order valence-corrected chi connectivity index (χ1v) is 6.02. The van der Waals surface area contributed by atoms with Gasteiger partial charge in [0.05, 0.1) is 11.1 Å². The summed E-state index contributed by atoms with van der Waals surface area (Å²) in [6.07, 6.45) is 3.36. The maximum atomic E-state index is 11.8. The van der Waals surface area contributed by atoms with E-state index >= 15 is 0 Å². The lowest BCUT2D eigenvalue weighted by Gasteiger charge is -2.19. The monoisotopic (exact) mass is 296 g/mol. The number of hydrogen-bond acceptors (Lipinski definition) is 3. The SMILES string of the molecule is CC(C)(C)OC(=O)c1ccc2c(Br)ncn2c1. The molecule has 0 spiro atoms. The molecule has 0 N–H and O–H groups in total.